The van der Waals surface area contributed by atoms with E-state index in [4.69, 9.17) is 4.74 Å². The van der Waals surface area contributed by atoms with Crippen molar-refractivity contribution in [3.05, 3.63) is 35.6 Å². The van der Waals surface area contributed by atoms with Crippen LogP contribution < -0.4 is 0 Å². The molecule has 14 heavy (non-hydrogen) atoms. The van der Waals surface area contributed by atoms with Crippen molar-refractivity contribution in [2.75, 3.05) is 6.61 Å². The molecule has 1 nitrogen and oxygen atoms in total. The second-order valence-corrected chi connectivity index (χ2v) is 3.89. The smallest absolute Gasteiger partial charge is 0.123 e. The molecule has 1 unspecified atom stereocenters. The van der Waals surface area contributed by atoms with E-state index in [0.717, 1.165) is 25.0 Å². The molecule has 2 rings (SSSR count). The van der Waals surface area contributed by atoms with Gasteiger partial charge in [-0.2, -0.15) is 0 Å². The number of ether oxygens (including phenoxy) is 1. The minimum Gasteiger partial charge on any atom is -0.365 e. The lowest BCUT2D eigenvalue weighted by molar-refractivity contribution is 0.287. The molecule has 1 fully saturated rings. The van der Waals surface area contributed by atoms with E-state index < -0.39 is 0 Å². The van der Waals surface area contributed by atoms with Gasteiger partial charge in [-0.05, 0) is 24.1 Å². The highest BCUT2D eigenvalue weighted by Crippen LogP contribution is 2.43. The Bertz CT molecular complexity index is 301. The van der Waals surface area contributed by atoms with Gasteiger partial charge in [0, 0.05) is 0 Å². The molecule has 1 aromatic carbocycles. The summed E-state index contributed by atoms with van der Waals surface area (Å²) in [6.07, 6.45) is 3.39. The molecule has 0 aliphatic carbocycles. The van der Waals surface area contributed by atoms with Crippen LogP contribution >= 0.6 is 0 Å². The van der Waals surface area contributed by atoms with Crippen LogP contribution in [0.5, 0.6) is 0 Å². The van der Waals surface area contributed by atoms with Crippen LogP contribution in [-0.2, 0) is 10.3 Å². The Balaban J connectivity index is 2.10. The van der Waals surface area contributed by atoms with Crippen LogP contribution in [0.1, 0.15) is 31.7 Å². The summed E-state index contributed by atoms with van der Waals surface area (Å²) in [4.78, 5) is 0. The van der Waals surface area contributed by atoms with Crippen LogP contribution in [0.3, 0.4) is 0 Å². The standard InChI is InChI=1S/C12H15FO/c1-2-3-8-12(9-14-12)10-4-6-11(13)7-5-10/h4-7H,2-3,8-9H2,1H3. The fourth-order valence-corrected chi connectivity index (χ4v) is 1.76. The molecule has 2 heteroatoms. The van der Waals surface area contributed by atoms with Gasteiger partial charge < -0.3 is 4.74 Å². The van der Waals surface area contributed by atoms with Gasteiger partial charge in [0.15, 0.2) is 0 Å². The number of rotatable bonds is 4. The molecule has 0 N–H and O–H groups in total. The zero-order valence-electron chi connectivity index (χ0n) is 8.42. The van der Waals surface area contributed by atoms with E-state index in [-0.39, 0.29) is 11.4 Å². The van der Waals surface area contributed by atoms with Crippen molar-refractivity contribution in [2.24, 2.45) is 0 Å². The minimum atomic E-state index is -0.181. The predicted molar refractivity (Wildman–Crippen MR) is 53.6 cm³/mol. The maximum atomic E-state index is 12.7. The molecule has 1 heterocycles. The Kier molecular flexibility index (Phi) is 2.55. The van der Waals surface area contributed by atoms with Crippen LogP contribution in [0.15, 0.2) is 24.3 Å². The van der Waals surface area contributed by atoms with Gasteiger partial charge >= 0.3 is 0 Å². The quantitative estimate of drug-likeness (QED) is 0.670. The lowest BCUT2D eigenvalue weighted by Crippen LogP contribution is -2.08. The van der Waals surface area contributed by atoms with Crippen molar-refractivity contribution in [3.63, 3.8) is 0 Å². The first-order valence-corrected chi connectivity index (χ1v) is 5.17. The van der Waals surface area contributed by atoms with Crippen LogP contribution in [0.25, 0.3) is 0 Å². The van der Waals surface area contributed by atoms with Gasteiger partial charge in [0.1, 0.15) is 11.4 Å². The van der Waals surface area contributed by atoms with Gasteiger partial charge in [0.05, 0.1) is 6.61 Å². The Morgan fingerprint density at radius 3 is 2.50 bits per heavy atom. The number of epoxide rings is 1. The summed E-state index contributed by atoms with van der Waals surface area (Å²) in [5.41, 5.74) is 1.04. The molecule has 0 amide bonds. The molecule has 1 aromatic rings. The van der Waals surface area contributed by atoms with Crippen molar-refractivity contribution in [1.82, 2.24) is 0 Å². The van der Waals surface area contributed by atoms with E-state index in [9.17, 15) is 4.39 Å². The third kappa shape index (κ3) is 1.80. The fraction of sp³-hybridized carbons (Fsp3) is 0.500. The Morgan fingerprint density at radius 2 is 2.00 bits per heavy atom. The summed E-state index contributed by atoms with van der Waals surface area (Å²) in [5, 5.41) is 0. The highest BCUT2D eigenvalue weighted by atomic mass is 19.1. The predicted octanol–water partition coefficient (Wildman–Crippen LogP) is 3.24. The molecule has 0 bridgehead atoms. The van der Waals surface area contributed by atoms with Crippen molar-refractivity contribution < 1.29 is 9.13 Å². The molecular formula is C12H15FO. The van der Waals surface area contributed by atoms with E-state index in [0.29, 0.717) is 0 Å². The second kappa shape index (κ2) is 3.70. The highest BCUT2D eigenvalue weighted by molar-refractivity contribution is 5.27. The van der Waals surface area contributed by atoms with Gasteiger partial charge in [0.25, 0.3) is 0 Å². The van der Waals surface area contributed by atoms with Gasteiger partial charge in [-0.25, -0.2) is 4.39 Å². The molecule has 1 aliphatic rings. The molecule has 0 spiro atoms. The lowest BCUT2D eigenvalue weighted by Gasteiger charge is -2.11. The van der Waals surface area contributed by atoms with E-state index >= 15 is 0 Å². The third-order valence-corrected chi connectivity index (χ3v) is 2.80. The van der Waals surface area contributed by atoms with Crippen molar-refractivity contribution in [3.8, 4) is 0 Å². The summed E-state index contributed by atoms with van der Waals surface area (Å²) in [6, 6.07) is 6.67. The SMILES string of the molecule is CCCCC1(c2ccc(F)cc2)CO1. The first kappa shape index (κ1) is 9.66. The summed E-state index contributed by atoms with van der Waals surface area (Å²) in [6.45, 7) is 2.96. The van der Waals surface area contributed by atoms with E-state index in [2.05, 4.69) is 6.92 Å². The monoisotopic (exact) mass is 194 g/mol. The zero-order valence-corrected chi connectivity index (χ0v) is 8.42. The average molecular weight is 194 g/mol. The Hall–Kier alpha value is -0.890. The lowest BCUT2D eigenvalue weighted by atomic mass is 9.94. The van der Waals surface area contributed by atoms with Crippen LogP contribution in [0.2, 0.25) is 0 Å². The van der Waals surface area contributed by atoms with E-state index in [1.165, 1.54) is 18.6 Å². The fourth-order valence-electron chi connectivity index (χ4n) is 1.76. The van der Waals surface area contributed by atoms with Crippen LogP contribution in [-0.4, -0.2) is 6.61 Å². The number of hydrogen-bond donors (Lipinski definition) is 0. The number of hydrogen-bond acceptors (Lipinski definition) is 1. The van der Waals surface area contributed by atoms with Crippen molar-refractivity contribution in [1.29, 1.82) is 0 Å². The van der Waals surface area contributed by atoms with E-state index in [1.807, 2.05) is 12.1 Å². The molecular weight excluding hydrogens is 179 g/mol. The van der Waals surface area contributed by atoms with Gasteiger partial charge in [-0.1, -0.05) is 31.9 Å². The minimum absolute atomic E-state index is 0.0797. The van der Waals surface area contributed by atoms with Crippen LogP contribution in [0, 0.1) is 5.82 Å². The number of benzene rings is 1. The zero-order chi connectivity index (χ0) is 10.0. The molecule has 76 valence electrons. The molecule has 1 atom stereocenters. The van der Waals surface area contributed by atoms with Crippen molar-refractivity contribution >= 4 is 0 Å². The first-order chi connectivity index (χ1) is 6.77. The molecule has 0 radical (unpaired) electrons. The van der Waals surface area contributed by atoms with Gasteiger partial charge in [-0.15, -0.1) is 0 Å². The maximum Gasteiger partial charge on any atom is 0.123 e. The summed E-state index contributed by atoms with van der Waals surface area (Å²) in [7, 11) is 0. The molecule has 0 saturated carbocycles. The summed E-state index contributed by atoms with van der Waals surface area (Å²) < 4.78 is 18.2. The Labute approximate surface area is 83.9 Å². The third-order valence-electron chi connectivity index (χ3n) is 2.80. The highest BCUT2D eigenvalue weighted by Gasteiger charge is 2.45. The normalized spacial score (nSPS) is 25.0. The van der Waals surface area contributed by atoms with Crippen LogP contribution in [0.4, 0.5) is 4.39 Å². The van der Waals surface area contributed by atoms with Gasteiger partial charge in [-0.3, -0.25) is 0 Å². The number of unbranched alkanes of at least 4 members (excludes halogenated alkanes) is 1. The second-order valence-electron chi connectivity index (χ2n) is 3.89. The van der Waals surface area contributed by atoms with Crippen molar-refractivity contribution in [2.45, 2.75) is 31.8 Å². The molecule has 1 saturated heterocycles. The van der Waals surface area contributed by atoms with E-state index in [1.54, 1.807) is 0 Å². The molecule has 0 aromatic heterocycles. The van der Waals surface area contributed by atoms with Gasteiger partial charge in [0.2, 0.25) is 0 Å². The topological polar surface area (TPSA) is 12.5 Å². The summed E-state index contributed by atoms with van der Waals surface area (Å²) in [5.74, 6) is -0.181. The Morgan fingerprint density at radius 1 is 1.36 bits per heavy atom. The largest absolute Gasteiger partial charge is 0.365 e. The first-order valence-electron chi connectivity index (χ1n) is 5.17. The molecule has 1 aliphatic heterocycles. The maximum absolute atomic E-state index is 12.7. The number of halogens is 1. The summed E-state index contributed by atoms with van der Waals surface area (Å²) >= 11 is 0. The average Bonchev–Trinajstić information content (AvgIpc) is 2.97.